The minimum atomic E-state index is -3.30. The van der Waals surface area contributed by atoms with Gasteiger partial charge in [0, 0.05) is 43.4 Å². The smallest absolute Gasteiger partial charge is 0.233 e. The number of piperazine rings is 1. The first-order valence-corrected chi connectivity index (χ1v) is 8.27. The average molecular weight is 304 g/mol. The molecule has 1 aliphatic rings. The summed E-state index contributed by atoms with van der Waals surface area (Å²) in [4.78, 5) is 2.15. The van der Waals surface area contributed by atoms with Crippen LogP contribution >= 0.6 is 11.6 Å². The Morgan fingerprint density at radius 3 is 2.47 bits per heavy atom. The van der Waals surface area contributed by atoms with E-state index in [-0.39, 0.29) is 5.75 Å². The molecule has 1 fully saturated rings. The van der Waals surface area contributed by atoms with Crippen LogP contribution in [-0.4, -0.2) is 51.8 Å². The van der Waals surface area contributed by atoms with Gasteiger partial charge in [-0.15, -0.1) is 0 Å². The van der Waals surface area contributed by atoms with Crippen LogP contribution in [-0.2, 0) is 10.0 Å². The predicted octanol–water partition coefficient (Wildman–Crippen LogP) is 0.987. The van der Waals surface area contributed by atoms with Crippen molar-refractivity contribution in [2.45, 2.75) is 0 Å². The summed E-state index contributed by atoms with van der Waals surface area (Å²) in [6.07, 6.45) is 0. The van der Waals surface area contributed by atoms with Gasteiger partial charge in [-0.25, -0.2) is 8.42 Å². The highest BCUT2D eigenvalue weighted by Crippen LogP contribution is 2.14. The van der Waals surface area contributed by atoms with Gasteiger partial charge in [0.05, 0.1) is 5.75 Å². The third kappa shape index (κ3) is 4.99. The number of halogens is 1. The third-order valence-electron chi connectivity index (χ3n) is 3.00. The van der Waals surface area contributed by atoms with Gasteiger partial charge in [0.25, 0.3) is 0 Å². The Balaban J connectivity index is 1.85. The van der Waals surface area contributed by atoms with Crippen molar-refractivity contribution in [3.05, 3.63) is 29.3 Å². The van der Waals surface area contributed by atoms with Crippen molar-refractivity contribution in [3.8, 4) is 0 Å². The van der Waals surface area contributed by atoms with Crippen molar-refractivity contribution in [2.75, 3.05) is 43.2 Å². The van der Waals surface area contributed by atoms with E-state index >= 15 is 0 Å². The molecule has 0 spiro atoms. The van der Waals surface area contributed by atoms with Crippen molar-refractivity contribution < 1.29 is 8.42 Å². The largest absolute Gasteiger partial charge is 0.314 e. The summed E-state index contributed by atoms with van der Waals surface area (Å²) in [5.41, 5.74) is 0.546. The van der Waals surface area contributed by atoms with E-state index in [1.165, 1.54) is 0 Å². The Morgan fingerprint density at radius 2 is 1.84 bits per heavy atom. The van der Waals surface area contributed by atoms with Crippen molar-refractivity contribution in [1.29, 1.82) is 0 Å². The molecule has 19 heavy (non-hydrogen) atoms. The van der Waals surface area contributed by atoms with Gasteiger partial charge in [0.1, 0.15) is 0 Å². The fraction of sp³-hybridized carbons (Fsp3) is 0.500. The van der Waals surface area contributed by atoms with Crippen LogP contribution < -0.4 is 10.0 Å². The summed E-state index contributed by atoms with van der Waals surface area (Å²) in [6, 6.07) is 6.64. The fourth-order valence-corrected chi connectivity index (χ4v) is 3.15. The highest BCUT2D eigenvalue weighted by atomic mass is 35.5. The number of nitrogens with zero attached hydrogens (tertiary/aromatic N) is 1. The van der Waals surface area contributed by atoms with Crippen LogP contribution in [0.2, 0.25) is 5.02 Å². The van der Waals surface area contributed by atoms with Crippen LogP contribution in [0.25, 0.3) is 0 Å². The first-order chi connectivity index (χ1) is 9.05. The molecule has 0 amide bonds. The van der Waals surface area contributed by atoms with Gasteiger partial charge in [0.2, 0.25) is 10.0 Å². The van der Waals surface area contributed by atoms with Crippen LogP contribution in [0.1, 0.15) is 0 Å². The van der Waals surface area contributed by atoms with E-state index in [2.05, 4.69) is 14.9 Å². The molecule has 0 aromatic heterocycles. The third-order valence-corrected chi connectivity index (χ3v) is 4.52. The zero-order valence-corrected chi connectivity index (χ0v) is 12.2. The molecular weight excluding hydrogens is 286 g/mol. The van der Waals surface area contributed by atoms with E-state index in [0.29, 0.717) is 17.3 Å². The monoisotopic (exact) mass is 303 g/mol. The SMILES string of the molecule is O=S(=O)(CCN1CCNCC1)Nc1ccc(Cl)cc1. The second-order valence-corrected chi connectivity index (χ2v) is 6.80. The first kappa shape index (κ1) is 14.6. The Bertz CT molecular complexity index is 498. The molecule has 2 N–H and O–H groups in total. The maximum Gasteiger partial charge on any atom is 0.233 e. The maximum atomic E-state index is 11.9. The highest BCUT2D eigenvalue weighted by Gasteiger charge is 2.15. The quantitative estimate of drug-likeness (QED) is 0.851. The molecule has 1 aromatic rings. The van der Waals surface area contributed by atoms with Gasteiger partial charge in [-0.2, -0.15) is 0 Å². The van der Waals surface area contributed by atoms with Gasteiger partial charge in [-0.1, -0.05) is 11.6 Å². The predicted molar refractivity (Wildman–Crippen MR) is 78.2 cm³/mol. The van der Waals surface area contributed by atoms with Gasteiger partial charge in [-0.05, 0) is 24.3 Å². The molecule has 1 saturated heterocycles. The molecule has 0 aliphatic carbocycles. The zero-order chi connectivity index (χ0) is 13.7. The first-order valence-electron chi connectivity index (χ1n) is 6.24. The summed E-state index contributed by atoms with van der Waals surface area (Å²) in [5.74, 6) is 0.107. The number of hydrogen-bond donors (Lipinski definition) is 2. The van der Waals surface area contributed by atoms with E-state index < -0.39 is 10.0 Å². The van der Waals surface area contributed by atoms with Crippen molar-refractivity contribution in [1.82, 2.24) is 10.2 Å². The minimum Gasteiger partial charge on any atom is -0.314 e. The minimum absolute atomic E-state index is 0.107. The van der Waals surface area contributed by atoms with Gasteiger partial charge in [0.15, 0.2) is 0 Å². The summed E-state index contributed by atoms with van der Waals surface area (Å²) in [6.45, 7) is 4.20. The van der Waals surface area contributed by atoms with Gasteiger partial charge in [-0.3, -0.25) is 9.62 Å². The van der Waals surface area contributed by atoms with E-state index in [9.17, 15) is 8.42 Å². The molecule has 7 heteroatoms. The van der Waals surface area contributed by atoms with Crippen molar-refractivity contribution >= 4 is 27.3 Å². The second kappa shape index (κ2) is 6.56. The highest BCUT2D eigenvalue weighted by molar-refractivity contribution is 7.92. The van der Waals surface area contributed by atoms with E-state index in [4.69, 9.17) is 11.6 Å². The van der Waals surface area contributed by atoms with Crippen LogP contribution in [0.15, 0.2) is 24.3 Å². The molecule has 0 unspecified atom stereocenters. The van der Waals surface area contributed by atoms with E-state index in [1.807, 2.05) is 0 Å². The molecule has 0 radical (unpaired) electrons. The van der Waals surface area contributed by atoms with Crippen LogP contribution in [0.3, 0.4) is 0 Å². The molecule has 0 saturated carbocycles. The molecule has 1 aromatic carbocycles. The normalized spacial score (nSPS) is 17.3. The number of hydrogen-bond acceptors (Lipinski definition) is 4. The van der Waals surface area contributed by atoms with Crippen molar-refractivity contribution in [2.24, 2.45) is 0 Å². The molecule has 2 rings (SSSR count). The number of nitrogens with one attached hydrogen (secondary N) is 2. The topological polar surface area (TPSA) is 61.4 Å². The van der Waals surface area contributed by atoms with Gasteiger partial charge < -0.3 is 5.32 Å². The summed E-state index contributed by atoms with van der Waals surface area (Å²) >= 11 is 5.76. The summed E-state index contributed by atoms with van der Waals surface area (Å²) < 4.78 is 26.4. The number of sulfonamides is 1. The summed E-state index contributed by atoms with van der Waals surface area (Å²) in [5, 5.41) is 3.82. The molecule has 0 atom stereocenters. The Labute approximate surface area is 119 Å². The lowest BCUT2D eigenvalue weighted by atomic mass is 10.3. The standard InChI is InChI=1S/C12H18ClN3O2S/c13-11-1-3-12(4-2-11)15-19(17,18)10-9-16-7-5-14-6-8-16/h1-4,14-15H,5-10H2. The lowest BCUT2D eigenvalue weighted by molar-refractivity contribution is 0.254. The molecule has 1 aliphatic heterocycles. The average Bonchev–Trinajstić information content (AvgIpc) is 2.40. The molecule has 106 valence electrons. The molecule has 5 nitrogen and oxygen atoms in total. The van der Waals surface area contributed by atoms with Crippen molar-refractivity contribution in [3.63, 3.8) is 0 Å². The molecular formula is C12H18ClN3O2S. The molecule has 0 bridgehead atoms. The Kier molecular flexibility index (Phi) is 5.04. The summed E-state index contributed by atoms with van der Waals surface area (Å²) in [7, 11) is -3.30. The lowest BCUT2D eigenvalue weighted by Gasteiger charge is -2.26. The number of anilines is 1. The fourth-order valence-electron chi connectivity index (χ4n) is 1.93. The number of rotatable bonds is 5. The van der Waals surface area contributed by atoms with Gasteiger partial charge >= 0.3 is 0 Å². The Hall–Kier alpha value is -0.820. The Morgan fingerprint density at radius 1 is 1.21 bits per heavy atom. The lowest BCUT2D eigenvalue weighted by Crippen LogP contribution is -2.45. The zero-order valence-electron chi connectivity index (χ0n) is 10.6. The van der Waals surface area contributed by atoms with E-state index in [0.717, 1.165) is 26.2 Å². The number of benzene rings is 1. The van der Waals surface area contributed by atoms with Crippen LogP contribution in [0, 0.1) is 0 Å². The van der Waals surface area contributed by atoms with E-state index in [1.54, 1.807) is 24.3 Å². The molecule has 1 heterocycles. The van der Waals surface area contributed by atoms with Crippen LogP contribution in [0.4, 0.5) is 5.69 Å². The second-order valence-electron chi connectivity index (χ2n) is 4.52. The maximum absolute atomic E-state index is 11.9. The van der Waals surface area contributed by atoms with Crippen LogP contribution in [0.5, 0.6) is 0 Å².